The highest BCUT2D eigenvalue weighted by molar-refractivity contribution is 5.81. The van der Waals surface area contributed by atoms with E-state index in [0.717, 1.165) is 0 Å². The Morgan fingerprint density at radius 1 is 1.26 bits per heavy atom. The standard InChI is InChI=1S/C19H32O8/c1-10-7-12(21)8-18(3,4)19(10,25)6-5-11(2)26-17-16(24)15(23)14(22)13(9-20)27-17/h5-6,10-11,13-17,20,22-25H,7-9H2,1-4H3/b6-5+/t10-,11+,13-,14+,15+,16+,17-,19-/m0/s1. The molecular weight excluding hydrogens is 356 g/mol. The number of hydrogen-bond donors (Lipinski definition) is 5. The highest BCUT2D eigenvalue weighted by atomic mass is 16.7. The summed E-state index contributed by atoms with van der Waals surface area (Å²) in [5.41, 5.74) is -1.84. The number of rotatable bonds is 5. The molecule has 0 unspecified atom stereocenters. The topological polar surface area (TPSA) is 137 Å². The summed E-state index contributed by atoms with van der Waals surface area (Å²) in [4.78, 5) is 11.9. The number of ether oxygens (including phenoxy) is 2. The molecule has 0 radical (unpaired) electrons. The Labute approximate surface area is 159 Å². The third-order valence-corrected chi connectivity index (χ3v) is 5.83. The molecule has 1 aliphatic heterocycles. The molecule has 1 saturated carbocycles. The molecule has 1 aliphatic carbocycles. The molecule has 156 valence electrons. The first-order valence-electron chi connectivity index (χ1n) is 9.32. The lowest BCUT2D eigenvalue weighted by Crippen LogP contribution is -2.59. The summed E-state index contributed by atoms with van der Waals surface area (Å²) in [5, 5.41) is 50.1. The summed E-state index contributed by atoms with van der Waals surface area (Å²) < 4.78 is 10.9. The maximum atomic E-state index is 11.9. The van der Waals surface area contributed by atoms with Gasteiger partial charge in [-0.15, -0.1) is 0 Å². The van der Waals surface area contributed by atoms with E-state index in [0.29, 0.717) is 6.42 Å². The van der Waals surface area contributed by atoms with Gasteiger partial charge in [-0.3, -0.25) is 4.79 Å². The first-order chi connectivity index (χ1) is 12.4. The van der Waals surface area contributed by atoms with E-state index in [1.807, 2.05) is 20.8 Å². The number of aliphatic hydroxyl groups is 5. The number of aliphatic hydroxyl groups excluding tert-OH is 4. The van der Waals surface area contributed by atoms with Gasteiger partial charge < -0.3 is 35.0 Å². The quantitative estimate of drug-likeness (QED) is 0.398. The maximum absolute atomic E-state index is 11.9. The van der Waals surface area contributed by atoms with Crippen molar-refractivity contribution >= 4 is 5.78 Å². The average molecular weight is 388 g/mol. The van der Waals surface area contributed by atoms with Crippen molar-refractivity contribution < 1.29 is 39.8 Å². The molecule has 8 heteroatoms. The molecule has 2 aliphatic rings. The third-order valence-electron chi connectivity index (χ3n) is 5.83. The van der Waals surface area contributed by atoms with Crippen LogP contribution in [0.5, 0.6) is 0 Å². The van der Waals surface area contributed by atoms with E-state index in [4.69, 9.17) is 9.47 Å². The smallest absolute Gasteiger partial charge is 0.187 e. The SMILES string of the molecule is C[C@H](/C=C/[C@]1(O)[C@@H](C)CC(=O)CC1(C)C)O[C@H]1O[C@@H](CO)[C@@H](O)[C@@H](O)[C@H]1O. The van der Waals surface area contributed by atoms with E-state index in [2.05, 4.69) is 0 Å². The minimum Gasteiger partial charge on any atom is -0.394 e. The van der Waals surface area contributed by atoms with Crippen molar-refractivity contribution in [2.24, 2.45) is 11.3 Å². The fraction of sp³-hybridized carbons (Fsp3) is 0.842. The van der Waals surface area contributed by atoms with E-state index in [9.17, 15) is 30.3 Å². The second-order valence-electron chi connectivity index (χ2n) is 8.43. The first-order valence-corrected chi connectivity index (χ1v) is 9.32. The van der Waals surface area contributed by atoms with Crippen molar-refractivity contribution in [2.45, 2.75) is 82.9 Å². The van der Waals surface area contributed by atoms with E-state index >= 15 is 0 Å². The van der Waals surface area contributed by atoms with Crippen LogP contribution in [0.15, 0.2) is 12.2 Å². The van der Waals surface area contributed by atoms with Gasteiger partial charge >= 0.3 is 0 Å². The van der Waals surface area contributed by atoms with Crippen LogP contribution in [0.25, 0.3) is 0 Å². The van der Waals surface area contributed by atoms with Crippen LogP contribution in [-0.2, 0) is 14.3 Å². The second-order valence-corrected chi connectivity index (χ2v) is 8.43. The lowest BCUT2D eigenvalue weighted by Gasteiger charge is -2.48. The van der Waals surface area contributed by atoms with Gasteiger partial charge in [-0.05, 0) is 12.8 Å². The zero-order valence-electron chi connectivity index (χ0n) is 16.3. The molecule has 5 N–H and O–H groups in total. The Hall–Kier alpha value is -0.870. The van der Waals surface area contributed by atoms with Crippen molar-refractivity contribution in [1.29, 1.82) is 0 Å². The molecular formula is C19H32O8. The Bertz CT molecular complexity index is 560. The van der Waals surface area contributed by atoms with Crippen molar-refractivity contribution in [3.05, 3.63) is 12.2 Å². The van der Waals surface area contributed by atoms with Gasteiger partial charge in [0.25, 0.3) is 0 Å². The molecule has 8 atom stereocenters. The fourth-order valence-corrected chi connectivity index (χ4v) is 3.98. The predicted molar refractivity (Wildman–Crippen MR) is 95.6 cm³/mol. The lowest BCUT2D eigenvalue weighted by atomic mass is 9.60. The summed E-state index contributed by atoms with van der Waals surface area (Å²) in [6.45, 7) is 6.65. The molecule has 2 rings (SSSR count). The molecule has 0 aromatic heterocycles. The van der Waals surface area contributed by atoms with Gasteiger partial charge in [-0.1, -0.05) is 32.9 Å². The van der Waals surface area contributed by atoms with Gasteiger partial charge in [-0.25, -0.2) is 0 Å². The Kier molecular flexibility index (Phi) is 6.85. The molecule has 2 fully saturated rings. The number of carbonyl (C=O) groups is 1. The normalized spacial score (nSPS) is 43.8. The summed E-state index contributed by atoms with van der Waals surface area (Å²) in [7, 11) is 0. The summed E-state index contributed by atoms with van der Waals surface area (Å²) in [6, 6.07) is 0. The van der Waals surface area contributed by atoms with Gasteiger partial charge in [0.1, 0.15) is 30.2 Å². The van der Waals surface area contributed by atoms with Crippen molar-refractivity contribution in [3.8, 4) is 0 Å². The summed E-state index contributed by atoms with van der Waals surface area (Å²) in [5.74, 6) is -0.138. The average Bonchev–Trinajstić information content (AvgIpc) is 2.58. The van der Waals surface area contributed by atoms with E-state index in [1.54, 1.807) is 19.1 Å². The summed E-state index contributed by atoms with van der Waals surface area (Å²) in [6.07, 6.45) is -3.51. The van der Waals surface area contributed by atoms with Crippen molar-refractivity contribution in [3.63, 3.8) is 0 Å². The molecule has 0 spiro atoms. The number of hydrogen-bond acceptors (Lipinski definition) is 8. The van der Waals surface area contributed by atoms with Gasteiger partial charge in [0, 0.05) is 18.3 Å². The van der Waals surface area contributed by atoms with Crippen LogP contribution >= 0.6 is 0 Å². The summed E-state index contributed by atoms with van der Waals surface area (Å²) >= 11 is 0. The van der Waals surface area contributed by atoms with Crippen LogP contribution in [0.4, 0.5) is 0 Å². The van der Waals surface area contributed by atoms with Crippen LogP contribution < -0.4 is 0 Å². The first kappa shape index (κ1) is 22.4. The molecule has 0 aromatic carbocycles. The molecule has 0 aromatic rings. The van der Waals surface area contributed by atoms with E-state index in [1.165, 1.54) is 0 Å². The zero-order valence-corrected chi connectivity index (χ0v) is 16.3. The lowest BCUT2D eigenvalue weighted by molar-refractivity contribution is -0.306. The second kappa shape index (κ2) is 8.24. The van der Waals surface area contributed by atoms with Crippen LogP contribution in [0.3, 0.4) is 0 Å². The zero-order chi connectivity index (χ0) is 20.6. The predicted octanol–water partition coefficient (Wildman–Crippen LogP) is -0.496. The largest absolute Gasteiger partial charge is 0.394 e. The van der Waals surface area contributed by atoms with Gasteiger partial charge in [0.2, 0.25) is 0 Å². The molecule has 1 heterocycles. The number of ketones is 1. The molecule has 0 bridgehead atoms. The number of carbonyl (C=O) groups excluding carboxylic acids is 1. The van der Waals surface area contributed by atoms with Gasteiger partial charge in [0.05, 0.1) is 18.3 Å². The maximum Gasteiger partial charge on any atom is 0.187 e. The van der Waals surface area contributed by atoms with Crippen LogP contribution in [0, 0.1) is 11.3 Å². The van der Waals surface area contributed by atoms with Gasteiger partial charge in [-0.2, -0.15) is 0 Å². The minimum absolute atomic E-state index is 0.121. The Balaban J connectivity index is 2.08. The van der Waals surface area contributed by atoms with Crippen LogP contribution in [-0.4, -0.2) is 80.3 Å². The minimum atomic E-state index is -1.51. The molecule has 0 amide bonds. The highest BCUT2D eigenvalue weighted by Crippen LogP contribution is 2.46. The molecule has 1 saturated heterocycles. The highest BCUT2D eigenvalue weighted by Gasteiger charge is 2.50. The number of Topliss-reactive ketones (excluding diaryl/α,β-unsaturated/α-hetero) is 1. The van der Waals surface area contributed by atoms with Gasteiger partial charge in [0.15, 0.2) is 6.29 Å². The van der Waals surface area contributed by atoms with Crippen LogP contribution in [0.1, 0.15) is 40.5 Å². The fourth-order valence-electron chi connectivity index (χ4n) is 3.98. The van der Waals surface area contributed by atoms with Crippen LogP contribution in [0.2, 0.25) is 0 Å². The Morgan fingerprint density at radius 3 is 2.44 bits per heavy atom. The Morgan fingerprint density at radius 2 is 1.89 bits per heavy atom. The monoisotopic (exact) mass is 388 g/mol. The van der Waals surface area contributed by atoms with Crippen molar-refractivity contribution in [2.75, 3.05) is 6.61 Å². The van der Waals surface area contributed by atoms with E-state index < -0.39 is 54.4 Å². The van der Waals surface area contributed by atoms with Crippen molar-refractivity contribution in [1.82, 2.24) is 0 Å². The third kappa shape index (κ3) is 4.42. The van der Waals surface area contributed by atoms with E-state index in [-0.39, 0.29) is 18.1 Å². The molecule has 27 heavy (non-hydrogen) atoms. The molecule has 8 nitrogen and oxygen atoms in total.